The fourth-order valence-electron chi connectivity index (χ4n) is 1.97. The third kappa shape index (κ3) is 3.30. The SMILES string of the molecule is CCN(CC(C)C(=O)O)C(C)c1ccnn1C. The Morgan fingerprint density at radius 1 is 1.59 bits per heavy atom. The summed E-state index contributed by atoms with van der Waals surface area (Å²) < 4.78 is 1.83. The maximum Gasteiger partial charge on any atom is 0.307 e. The van der Waals surface area contributed by atoms with E-state index >= 15 is 0 Å². The maximum atomic E-state index is 10.9. The first-order valence-electron chi connectivity index (χ1n) is 5.92. The minimum atomic E-state index is -0.749. The van der Waals surface area contributed by atoms with Gasteiger partial charge >= 0.3 is 5.97 Å². The number of rotatable bonds is 6. The lowest BCUT2D eigenvalue weighted by molar-refractivity contribution is -0.141. The van der Waals surface area contributed by atoms with Crippen LogP contribution in [0.25, 0.3) is 0 Å². The van der Waals surface area contributed by atoms with Crippen molar-refractivity contribution in [3.8, 4) is 0 Å². The number of carboxylic acids is 1. The molecule has 1 N–H and O–H groups in total. The molecule has 0 aliphatic carbocycles. The Hall–Kier alpha value is -1.36. The Morgan fingerprint density at radius 2 is 2.24 bits per heavy atom. The molecule has 0 bridgehead atoms. The molecule has 17 heavy (non-hydrogen) atoms. The summed E-state index contributed by atoms with van der Waals surface area (Å²) >= 11 is 0. The van der Waals surface area contributed by atoms with Gasteiger partial charge in [0.1, 0.15) is 0 Å². The molecule has 0 fully saturated rings. The van der Waals surface area contributed by atoms with Gasteiger partial charge in [-0.3, -0.25) is 14.4 Å². The first-order chi connectivity index (χ1) is 7.97. The molecule has 96 valence electrons. The van der Waals surface area contributed by atoms with Gasteiger partial charge in [0.2, 0.25) is 0 Å². The van der Waals surface area contributed by atoms with Crippen molar-refractivity contribution >= 4 is 5.97 Å². The van der Waals surface area contributed by atoms with Crippen molar-refractivity contribution in [1.82, 2.24) is 14.7 Å². The Morgan fingerprint density at radius 3 is 2.65 bits per heavy atom. The van der Waals surface area contributed by atoms with Crippen LogP contribution < -0.4 is 0 Å². The standard InChI is InChI=1S/C12H21N3O2/c1-5-15(8-9(2)12(16)17)10(3)11-6-7-13-14(11)4/h6-7,9-10H,5,8H2,1-4H3,(H,16,17). The maximum absolute atomic E-state index is 10.9. The summed E-state index contributed by atoms with van der Waals surface area (Å²) in [6.45, 7) is 7.24. The van der Waals surface area contributed by atoms with Crippen LogP contribution in [0.5, 0.6) is 0 Å². The van der Waals surface area contributed by atoms with E-state index < -0.39 is 5.97 Å². The van der Waals surface area contributed by atoms with Gasteiger partial charge in [0, 0.05) is 25.8 Å². The third-order valence-corrected chi connectivity index (χ3v) is 3.17. The van der Waals surface area contributed by atoms with Gasteiger partial charge in [-0.15, -0.1) is 0 Å². The first-order valence-corrected chi connectivity index (χ1v) is 5.92. The van der Waals surface area contributed by atoms with Gasteiger partial charge in [-0.1, -0.05) is 13.8 Å². The van der Waals surface area contributed by atoms with Gasteiger partial charge in [-0.2, -0.15) is 5.10 Å². The monoisotopic (exact) mass is 239 g/mol. The molecule has 0 aliphatic heterocycles. The zero-order chi connectivity index (χ0) is 13.0. The first kappa shape index (κ1) is 13.7. The topological polar surface area (TPSA) is 58.4 Å². The molecular formula is C12H21N3O2. The average molecular weight is 239 g/mol. The molecule has 1 rings (SSSR count). The quantitative estimate of drug-likeness (QED) is 0.817. The number of aromatic nitrogens is 2. The van der Waals surface area contributed by atoms with Crippen LogP contribution in [-0.2, 0) is 11.8 Å². The van der Waals surface area contributed by atoms with Crippen molar-refractivity contribution in [2.45, 2.75) is 26.8 Å². The summed E-state index contributed by atoms with van der Waals surface area (Å²) in [5.41, 5.74) is 1.10. The number of aryl methyl sites for hydroxylation is 1. The second kappa shape index (κ2) is 5.82. The molecule has 0 amide bonds. The van der Waals surface area contributed by atoms with Crippen molar-refractivity contribution in [2.75, 3.05) is 13.1 Å². The van der Waals surface area contributed by atoms with Gasteiger partial charge in [-0.25, -0.2) is 0 Å². The third-order valence-electron chi connectivity index (χ3n) is 3.17. The van der Waals surface area contributed by atoms with Gasteiger partial charge in [-0.05, 0) is 19.5 Å². The molecule has 1 heterocycles. The van der Waals surface area contributed by atoms with Crippen LogP contribution in [-0.4, -0.2) is 38.8 Å². The van der Waals surface area contributed by atoms with E-state index in [4.69, 9.17) is 5.11 Å². The van der Waals surface area contributed by atoms with E-state index in [1.165, 1.54) is 0 Å². The van der Waals surface area contributed by atoms with Crippen LogP contribution in [0.1, 0.15) is 32.5 Å². The van der Waals surface area contributed by atoms with E-state index in [0.717, 1.165) is 12.2 Å². The highest BCUT2D eigenvalue weighted by Gasteiger charge is 2.21. The van der Waals surface area contributed by atoms with Crippen LogP contribution in [0, 0.1) is 5.92 Å². The average Bonchev–Trinajstić information content (AvgIpc) is 2.70. The molecule has 0 saturated carbocycles. The van der Waals surface area contributed by atoms with Crippen LogP contribution in [0.15, 0.2) is 12.3 Å². The summed E-state index contributed by atoms with van der Waals surface area (Å²) in [4.78, 5) is 13.0. The highest BCUT2D eigenvalue weighted by molar-refractivity contribution is 5.69. The number of aliphatic carboxylic acids is 1. The molecule has 0 spiro atoms. The fraction of sp³-hybridized carbons (Fsp3) is 0.667. The molecule has 2 atom stereocenters. The van der Waals surface area contributed by atoms with Crippen molar-refractivity contribution in [3.05, 3.63) is 18.0 Å². The molecule has 0 radical (unpaired) electrons. The lowest BCUT2D eigenvalue weighted by Gasteiger charge is -2.29. The normalized spacial score (nSPS) is 14.9. The van der Waals surface area contributed by atoms with E-state index in [0.29, 0.717) is 6.54 Å². The lowest BCUT2D eigenvalue weighted by Crippen LogP contribution is -2.34. The molecule has 0 aliphatic rings. The van der Waals surface area contributed by atoms with Gasteiger partial charge in [0.05, 0.1) is 11.6 Å². The van der Waals surface area contributed by atoms with Gasteiger partial charge < -0.3 is 5.11 Å². The van der Waals surface area contributed by atoms with Crippen molar-refractivity contribution < 1.29 is 9.90 Å². The number of hydrogen-bond acceptors (Lipinski definition) is 3. The second-order valence-corrected chi connectivity index (χ2v) is 4.38. The number of carboxylic acid groups (broad SMARTS) is 1. The summed E-state index contributed by atoms with van der Waals surface area (Å²) in [7, 11) is 1.90. The molecule has 2 unspecified atom stereocenters. The zero-order valence-corrected chi connectivity index (χ0v) is 10.9. The predicted octanol–water partition coefficient (Wildman–Crippen LogP) is 1.52. The van der Waals surface area contributed by atoms with Crippen LogP contribution >= 0.6 is 0 Å². The van der Waals surface area contributed by atoms with E-state index in [1.54, 1.807) is 13.1 Å². The highest BCUT2D eigenvalue weighted by atomic mass is 16.4. The molecule has 0 aromatic carbocycles. The number of hydrogen-bond donors (Lipinski definition) is 1. The Kier molecular flexibility index (Phi) is 4.69. The largest absolute Gasteiger partial charge is 0.481 e. The molecule has 1 aromatic heterocycles. The van der Waals surface area contributed by atoms with Crippen molar-refractivity contribution in [3.63, 3.8) is 0 Å². The smallest absolute Gasteiger partial charge is 0.307 e. The predicted molar refractivity (Wildman–Crippen MR) is 65.7 cm³/mol. The Balaban J connectivity index is 2.74. The second-order valence-electron chi connectivity index (χ2n) is 4.38. The molecule has 5 nitrogen and oxygen atoms in total. The van der Waals surface area contributed by atoms with Crippen LogP contribution in [0.2, 0.25) is 0 Å². The van der Waals surface area contributed by atoms with E-state index in [9.17, 15) is 4.79 Å². The minimum Gasteiger partial charge on any atom is -0.481 e. The number of nitrogens with zero attached hydrogens (tertiary/aromatic N) is 3. The van der Waals surface area contributed by atoms with E-state index in [-0.39, 0.29) is 12.0 Å². The van der Waals surface area contributed by atoms with E-state index in [2.05, 4.69) is 16.9 Å². The summed E-state index contributed by atoms with van der Waals surface area (Å²) in [6.07, 6.45) is 1.76. The molecular weight excluding hydrogens is 218 g/mol. The summed E-state index contributed by atoms with van der Waals surface area (Å²) in [5.74, 6) is -1.11. The van der Waals surface area contributed by atoms with Crippen LogP contribution in [0.4, 0.5) is 0 Å². The van der Waals surface area contributed by atoms with E-state index in [1.807, 2.05) is 24.7 Å². The van der Waals surface area contributed by atoms with Crippen molar-refractivity contribution in [2.24, 2.45) is 13.0 Å². The molecule has 1 aromatic rings. The number of carbonyl (C=O) groups is 1. The summed E-state index contributed by atoms with van der Waals surface area (Å²) in [6, 6.07) is 2.15. The lowest BCUT2D eigenvalue weighted by atomic mass is 10.1. The van der Waals surface area contributed by atoms with Gasteiger partial charge in [0.15, 0.2) is 0 Å². The van der Waals surface area contributed by atoms with Crippen molar-refractivity contribution in [1.29, 1.82) is 0 Å². The van der Waals surface area contributed by atoms with Crippen LogP contribution in [0.3, 0.4) is 0 Å². The molecule has 0 saturated heterocycles. The molecule has 5 heteroatoms. The van der Waals surface area contributed by atoms with Gasteiger partial charge in [0.25, 0.3) is 0 Å². The zero-order valence-electron chi connectivity index (χ0n) is 10.9. The Bertz CT molecular complexity index is 376. The highest BCUT2D eigenvalue weighted by Crippen LogP contribution is 2.20. The summed E-state index contributed by atoms with van der Waals surface area (Å²) in [5, 5.41) is 13.1. The fourth-order valence-corrected chi connectivity index (χ4v) is 1.97. The minimum absolute atomic E-state index is 0.175. The Labute approximate surface area is 102 Å².